The molecule has 1 aliphatic rings. The van der Waals surface area contributed by atoms with Crippen molar-refractivity contribution >= 4 is 52.8 Å². The summed E-state index contributed by atoms with van der Waals surface area (Å²) in [4.78, 5) is 5.79. The fourth-order valence-electron chi connectivity index (χ4n) is 3.03. The molecule has 0 aromatic carbocycles. The third-order valence-corrected chi connectivity index (χ3v) is 11.8. The number of thioether (sulfide) groups is 1. The van der Waals surface area contributed by atoms with Crippen molar-refractivity contribution in [3.05, 3.63) is 23.6 Å². The highest BCUT2D eigenvalue weighted by Crippen LogP contribution is 2.41. The predicted octanol–water partition coefficient (Wildman–Crippen LogP) is 5.50. The summed E-state index contributed by atoms with van der Waals surface area (Å²) < 4.78 is 15.5. The van der Waals surface area contributed by atoms with Gasteiger partial charge in [0.2, 0.25) is 12.7 Å². The number of rotatable bonds is 5. The number of thiazole rings is 1. The molecule has 0 bridgehead atoms. The molecule has 9 heteroatoms. The molecule has 0 N–H and O–H groups in total. The van der Waals surface area contributed by atoms with Crippen LogP contribution >= 0.6 is 35.3 Å². The van der Waals surface area contributed by atoms with Crippen LogP contribution in [0, 0.1) is 0 Å². The number of hydroxylamine groups is 2. The summed E-state index contributed by atoms with van der Waals surface area (Å²) in [5.74, 6) is 0. The highest BCUT2D eigenvalue weighted by molar-refractivity contribution is 8.22. The maximum absolute atomic E-state index is 6.67. The Kier molecular flexibility index (Phi) is 6.39. The molecule has 2 aromatic rings. The summed E-state index contributed by atoms with van der Waals surface area (Å²) in [7, 11) is -1.92. The topological polar surface area (TPSA) is 39.0 Å². The maximum atomic E-state index is 6.67. The third-order valence-electron chi connectivity index (χ3n) is 5.58. The van der Waals surface area contributed by atoms with Gasteiger partial charge in [0, 0.05) is 18.1 Å². The molecule has 2 unspecified atom stereocenters. The highest BCUT2D eigenvalue weighted by Gasteiger charge is 2.45. The number of thiocarbonyl (C=S) groups is 1. The van der Waals surface area contributed by atoms with Crippen LogP contribution in [0.4, 0.5) is 0 Å². The molecule has 150 valence electrons. The smallest absolute Gasteiger partial charge is 0.220 e. The van der Waals surface area contributed by atoms with E-state index in [1.165, 1.54) is 11.8 Å². The summed E-state index contributed by atoms with van der Waals surface area (Å²) in [6, 6.07) is 0.116. The first-order chi connectivity index (χ1) is 12.6. The van der Waals surface area contributed by atoms with E-state index in [1.807, 2.05) is 23.2 Å². The zero-order valence-electron chi connectivity index (χ0n) is 16.9. The van der Waals surface area contributed by atoms with Gasteiger partial charge in [-0.2, -0.15) is 5.06 Å². The minimum absolute atomic E-state index is 0.116. The van der Waals surface area contributed by atoms with Crippen LogP contribution in [0.5, 0.6) is 0 Å². The average Bonchev–Trinajstić information content (AvgIpc) is 3.28. The molecular formula is C18H29N3O2S3Si. The fraction of sp³-hybridized carbons (Fsp3) is 0.667. The number of fused-ring (bicyclic) bond motifs is 1. The number of nitrogens with zero attached hydrogens (tertiary/aromatic N) is 3. The first-order valence-electron chi connectivity index (χ1n) is 9.24. The van der Waals surface area contributed by atoms with E-state index >= 15 is 0 Å². The van der Waals surface area contributed by atoms with Crippen molar-refractivity contribution in [2.45, 2.75) is 63.9 Å². The van der Waals surface area contributed by atoms with Gasteiger partial charge in [0.15, 0.2) is 6.10 Å². The number of hydrogen-bond acceptors (Lipinski definition) is 7. The van der Waals surface area contributed by atoms with Crippen molar-refractivity contribution < 1.29 is 9.26 Å². The summed E-state index contributed by atoms with van der Waals surface area (Å²) in [5.41, 5.74) is 0.956. The SMILES string of the molecule is CSC(=S)OC(c1ncn2ccsc12)C1CCCN1O[Si](C)(C)C(C)(C)C. The van der Waals surface area contributed by atoms with Gasteiger partial charge in [-0.15, -0.1) is 11.3 Å². The number of aromatic nitrogens is 2. The Labute approximate surface area is 176 Å². The quantitative estimate of drug-likeness (QED) is 0.449. The van der Waals surface area contributed by atoms with E-state index in [2.05, 4.69) is 49.3 Å². The van der Waals surface area contributed by atoms with Crippen LogP contribution in [0.3, 0.4) is 0 Å². The Morgan fingerprint density at radius 1 is 1.44 bits per heavy atom. The van der Waals surface area contributed by atoms with Crippen LogP contribution in [0.1, 0.15) is 45.4 Å². The maximum Gasteiger partial charge on any atom is 0.220 e. The van der Waals surface area contributed by atoms with E-state index in [1.54, 1.807) is 11.3 Å². The van der Waals surface area contributed by atoms with Crippen LogP contribution in [0.25, 0.3) is 4.83 Å². The Morgan fingerprint density at radius 2 is 2.19 bits per heavy atom. The van der Waals surface area contributed by atoms with Gasteiger partial charge in [0.25, 0.3) is 0 Å². The van der Waals surface area contributed by atoms with E-state index in [-0.39, 0.29) is 17.2 Å². The lowest BCUT2D eigenvalue weighted by Gasteiger charge is -2.41. The molecule has 0 radical (unpaired) electrons. The molecule has 0 aliphatic carbocycles. The van der Waals surface area contributed by atoms with Crippen molar-refractivity contribution in [2.75, 3.05) is 12.8 Å². The summed E-state index contributed by atoms with van der Waals surface area (Å²) in [6.45, 7) is 12.3. The molecule has 1 saturated heterocycles. The largest absolute Gasteiger partial charge is 0.467 e. The van der Waals surface area contributed by atoms with E-state index in [0.29, 0.717) is 4.38 Å². The molecule has 2 aromatic heterocycles. The minimum Gasteiger partial charge on any atom is -0.467 e. The Morgan fingerprint density at radius 3 is 2.85 bits per heavy atom. The average molecular weight is 444 g/mol. The lowest BCUT2D eigenvalue weighted by Crippen LogP contribution is -2.49. The molecule has 0 spiro atoms. The molecule has 3 rings (SSSR count). The fourth-order valence-corrected chi connectivity index (χ4v) is 5.26. The standard InChI is InChI=1S/C18H29N3O2S3Si/c1-18(2,3)27(5,6)23-21-9-7-8-13(21)15(22-17(24)25-4)14-16-20(12-19-14)10-11-26-16/h10-13,15H,7-9H2,1-6H3. The van der Waals surface area contributed by atoms with Gasteiger partial charge < -0.3 is 9.26 Å². The lowest BCUT2D eigenvalue weighted by molar-refractivity contribution is -0.114. The van der Waals surface area contributed by atoms with E-state index in [0.717, 1.165) is 29.9 Å². The van der Waals surface area contributed by atoms with Gasteiger partial charge in [-0.3, -0.25) is 4.40 Å². The van der Waals surface area contributed by atoms with Crippen molar-refractivity contribution in [3.63, 3.8) is 0 Å². The summed E-state index contributed by atoms with van der Waals surface area (Å²) in [5, 5.41) is 4.40. The van der Waals surface area contributed by atoms with Crippen molar-refractivity contribution in [2.24, 2.45) is 0 Å². The first-order valence-corrected chi connectivity index (χ1v) is 14.7. The van der Waals surface area contributed by atoms with Crippen molar-refractivity contribution in [3.8, 4) is 0 Å². The third kappa shape index (κ3) is 4.43. The molecule has 1 aliphatic heterocycles. The normalized spacial score (nSPS) is 20.3. The zero-order chi connectivity index (χ0) is 19.8. The highest BCUT2D eigenvalue weighted by atomic mass is 32.2. The summed E-state index contributed by atoms with van der Waals surface area (Å²) >= 11 is 8.55. The van der Waals surface area contributed by atoms with E-state index in [9.17, 15) is 0 Å². The molecule has 5 nitrogen and oxygen atoms in total. The van der Waals surface area contributed by atoms with Crippen LogP contribution in [0.2, 0.25) is 18.1 Å². The van der Waals surface area contributed by atoms with Gasteiger partial charge in [-0.1, -0.05) is 32.5 Å². The van der Waals surface area contributed by atoms with Crippen LogP contribution in [-0.2, 0) is 9.26 Å². The summed E-state index contributed by atoms with van der Waals surface area (Å²) in [6.07, 6.45) is 7.71. The molecule has 0 amide bonds. The van der Waals surface area contributed by atoms with Gasteiger partial charge in [-0.05, 0) is 49.4 Å². The van der Waals surface area contributed by atoms with Crippen molar-refractivity contribution in [1.82, 2.24) is 14.4 Å². The number of hydrogen-bond donors (Lipinski definition) is 0. The van der Waals surface area contributed by atoms with Gasteiger partial charge in [-0.25, -0.2) is 4.98 Å². The van der Waals surface area contributed by atoms with Gasteiger partial charge in [0.05, 0.1) is 6.04 Å². The monoisotopic (exact) mass is 443 g/mol. The first kappa shape index (κ1) is 21.3. The molecular weight excluding hydrogens is 415 g/mol. The lowest BCUT2D eigenvalue weighted by atomic mass is 10.1. The molecule has 3 heterocycles. The van der Waals surface area contributed by atoms with E-state index in [4.69, 9.17) is 21.5 Å². The Balaban J connectivity index is 1.91. The Hall–Kier alpha value is -0.453. The van der Waals surface area contributed by atoms with Crippen molar-refractivity contribution in [1.29, 1.82) is 0 Å². The van der Waals surface area contributed by atoms with Crippen LogP contribution < -0.4 is 0 Å². The molecule has 0 saturated carbocycles. The molecule has 2 atom stereocenters. The second kappa shape index (κ2) is 8.12. The second-order valence-electron chi connectivity index (χ2n) is 8.44. The second-order valence-corrected chi connectivity index (χ2v) is 15.4. The number of ether oxygens (including phenoxy) is 1. The predicted molar refractivity (Wildman–Crippen MR) is 121 cm³/mol. The minimum atomic E-state index is -1.92. The Bertz CT molecular complexity index is 799. The number of imidazole rings is 1. The van der Waals surface area contributed by atoms with Gasteiger partial charge >= 0.3 is 0 Å². The molecule has 27 heavy (non-hydrogen) atoms. The van der Waals surface area contributed by atoms with Gasteiger partial charge in [0.1, 0.15) is 16.9 Å². The van der Waals surface area contributed by atoms with Crippen LogP contribution in [-0.4, -0.2) is 46.0 Å². The zero-order valence-corrected chi connectivity index (χ0v) is 20.3. The van der Waals surface area contributed by atoms with E-state index < -0.39 is 8.32 Å². The molecule has 1 fully saturated rings. The van der Waals surface area contributed by atoms with Crippen LogP contribution in [0.15, 0.2) is 17.9 Å².